The summed E-state index contributed by atoms with van der Waals surface area (Å²) in [5.41, 5.74) is 0.404. The van der Waals surface area contributed by atoms with E-state index in [2.05, 4.69) is 20.6 Å². The van der Waals surface area contributed by atoms with Gasteiger partial charge in [-0.25, -0.2) is 9.97 Å². The number of rotatable bonds is 5. The molecule has 3 aliphatic rings. The number of nitrogens with zero attached hydrogens (tertiary/aromatic N) is 2. The number of anilines is 1. The molecule has 3 fully saturated rings. The fraction of sp³-hybridized carbons (Fsp3) is 0.522. The third-order valence-electron chi connectivity index (χ3n) is 6.61. The minimum Gasteiger partial charge on any atom is -0.371 e. The van der Waals surface area contributed by atoms with Crippen molar-refractivity contribution in [1.29, 1.82) is 0 Å². The molecule has 1 amide bonds. The minimum atomic E-state index is -4.44. The molecule has 176 valence electrons. The monoisotopic (exact) mass is 462 g/mol. The van der Waals surface area contributed by atoms with Crippen LogP contribution in [0.2, 0.25) is 0 Å². The number of aromatic nitrogens is 2. The molecule has 1 aromatic carbocycles. The molecule has 10 heteroatoms. The van der Waals surface area contributed by atoms with E-state index in [1.165, 1.54) is 25.0 Å². The molecule has 3 heterocycles. The topological polar surface area (TPSA) is 85.4 Å². The van der Waals surface area contributed by atoms with Crippen LogP contribution < -0.4 is 10.6 Å². The molecule has 0 unspecified atom stereocenters. The Morgan fingerprint density at radius 2 is 1.64 bits per heavy atom. The quantitative estimate of drug-likeness (QED) is 0.707. The molecule has 33 heavy (non-hydrogen) atoms. The maximum absolute atomic E-state index is 12.7. The van der Waals surface area contributed by atoms with Crippen LogP contribution in [0, 0.1) is 0 Å². The van der Waals surface area contributed by atoms with Gasteiger partial charge in [0.2, 0.25) is 5.95 Å². The summed E-state index contributed by atoms with van der Waals surface area (Å²) in [5.74, 6) is 0.550. The zero-order chi connectivity index (χ0) is 23.0. The average molecular weight is 462 g/mol. The molecule has 5 rings (SSSR count). The summed E-state index contributed by atoms with van der Waals surface area (Å²) in [5, 5.41) is 6.14. The molecule has 4 atom stereocenters. The fourth-order valence-corrected chi connectivity index (χ4v) is 4.87. The number of carbonyl (C=O) groups excluding carboxylic acids is 1. The van der Waals surface area contributed by atoms with Crippen molar-refractivity contribution >= 4 is 11.9 Å². The smallest absolute Gasteiger partial charge is 0.371 e. The van der Waals surface area contributed by atoms with Gasteiger partial charge in [-0.15, -0.1) is 0 Å². The maximum atomic E-state index is 12.7. The number of fused-ring (bicyclic) bond motifs is 1. The number of hydrogen-bond acceptors (Lipinski definition) is 6. The summed E-state index contributed by atoms with van der Waals surface area (Å²) in [6, 6.07) is 5.53. The Labute approximate surface area is 189 Å². The average Bonchev–Trinajstić information content (AvgIpc) is 3.54. The first-order valence-corrected chi connectivity index (χ1v) is 11.2. The number of alkyl halides is 3. The number of halogens is 3. The Kier molecular flexibility index (Phi) is 5.96. The second kappa shape index (κ2) is 8.90. The van der Waals surface area contributed by atoms with Crippen molar-refractivity contribution in [1.82, 2.24) is 15.3 Å². The SMILES string of the molecule is O=C(N[C@H]1CO[C@H]2[C@@H]1OC[C@@H]2Nc1nccc(C2CCCC2)n1)c1ccc(C(F)(F)F)cc1. The van der Waals surface area contributed by atoms with Crippen LogP contribution in [-0.4, -0.2) is 53.4 Å². The Morgan fingerprint density at radius 1 is 0.970 bits per heavy atom. The summed E-state index contributed by atoms with van der Waals surface area (Å²) in [7, 11) is 0. The minimum absolute atomic E-state index is 0.149. The van der Waals surface area contributed by atoms with E-state index in [0.717, 1.165) is 30.7 Å². The lowest BCUT2D eigenvalue weighted by atomic mass is 10.0. The fourth-order valence-electron chi connectivity index (χ4n) is 4.87. The number of ether oxygens (including phenoxy) is 2. The van der Waals surface area contributed by atoms with Crippen molar-refractivity contribution < 1.29 is 27.4 Å². The van der Waals surface area contributed by atoms with Crippen LogP contribution in [0.4, 0.5) is 19.1 Å². The Morgan fingerprint density at radius 3 is 2.33 bits per heavy atom. The number of amides is 1. The highest BCUT2D eigenvalue weighted by atomic mass is 19.4. The highest BCUT2D eigenvalue weighted by molar-refractivity contribution is 5.94. The van der Waals surface area contributed by atoms with E-state index in [0.29, 0.717) is 18.5 Å². The Bertz CT molecular complexity index is 995. The number of benzene rings is 1. The Balaban J connectivity index is 1.19. The maximum Gasteiger partial charge on any atom is 0.416 e. The number of nitrogens with one attached hydrogen (secondary N) is 2. The van der Waals surface area contributed by atoms with Crippen molar-refractivity contribution in [3.8, 4) is 0 Å². The molecular formula is C23H25F3N4O3. The summed E-state index contributed by atoms with van der Waals surface area (Å²) in [6.45, 7) is 0.627. The summed E-state index contributed by atoms with van der Waals surface area (Å²) in [6.07, 6.45) is 1.42. The molecule has 1 aromatic heterocycles. The molecule has 1 aliphatic carbocycles. The second-order valence-corrected chi connectivity index (χ2v) is 8.79. The molecule has 2 aliphatic heterocycles. The molecule has 0 radical (unpaired) electrons. The first-order chi connectivity index (χ1) is 15.9. The van der Waals surface area contributed by atoms with Gasteiger partial charge in [0.05, 0.1) is 30.9 Å². The van der Waals surface area contributed by atoms with E-state index in [1.54, 1.807) is 6.20 Å². The van der Waals surface area contributed by atoms with Gasteiger partial charge in [-0.1, -0.05) is 12.8 Å². The molecule has 0 bridgehead atoms. The first kappa shape index (κ1) is 22.1. The van der Waals surface area contributed by atoms with Crippen LogP contribution in [0.15, 0.2) is 36.5 Å². The number of carbonyl (C=O) groups is 1. The van der Waals surface area contributed by atoms with E-state index in [9.17, 15) is 18.0 Å². The van der Waals surface area contributed by atoms with E-state index >= 15 is 0 Å². The summed E-state index contributed by atoms with van der Waals surface area (Å²) in [4.78, 5) is 21.6. The zero-order valence-corrected chi connectivity index (χ0v) is 17.8. The van der Waals surface area contributed by atoms with Crippen molar-refractivity contribution in [3.63, 3.8) is 0 Å². The van der Waals surface area contributed by atoms with Gasteiger partial charge in [0.25, 0.3) is 5.91 Å². The van der Waals surface area contributed by atoms with Gasteiger partial charge in [0, 0.05) is 23.4 Å². The third-order valence-corrected chi connectivity index (χ3v) is 6.61. The van der Waals surface area contributed by atoms with Crippen LogP contribution >= 0.6 is 0 Å². The second-order valence-electron chi connectivity index (χ2n) is 8.79. The van der Waals surface area contributed by atoms with Crippen molar-refractivity contribution in [3.05, 3.63) is 53.3 Å². The lowest BCUT2D eigenvalue weighted by molar-refractivity contribution is -0.137. The number of hydrogen-bond donors (Lipinski definition) is 2. The standard InChI is InChI=1S/C23H25F3N4O3/c24-23(25,26)15-7-5-14(6-8-15)21(31)28-17-11-32-20-18(12-33-19(17)20)30-22-27-10-9-16(29-22)13-3-1-2-4-13/h5-10,13,17-20H,1-4,11-12H2,(H,28,31)(H,27,29,30)/t17-,18-,19+,20+/m0/s1. The van der Waals surface area contributed by atoms with Gasteiger partial charge >= 0.3 is 6.18 Å². The molecule has 2 saturated heterocycles. The lowest BCUT2D eigenvalue weighted by Gasteiger charge is -2.19. The van der Waals surface area contributed by atoms with Gasteiger partial charge in [0.1, 0.15) is 12.2 Å². The third kappa shape index (κ3) is 4.67. The van der Waals surface area contributed by atoms with Gasteiger partial charge in [0.15, 0.2) is 0 Å². The van der Waals surface area contributed by atoms with Gasteiger partial charge in [-0.3, -0.25) is 4.79 Å². The van der Waals surface area contributed by atoms with Gasteiger partial charge in [-0.05, 0) is 43.2 Å². The van der Waals surface area contributed by atoms with Crippen LogP contribution in [0.1, 0.15) is 53.2 Å². The summed E-state index contributed by atoms with van der Waals surface area (Å²) >= 11 is 0. The van der Waals surface area contributed by atoms with Crippen molar-refractivity contribution in [2.24, 2.45) is 0 Å². The predicted octanol–water partition coefficient (Wildman–Crippen LogP) is 3.53. The predicted molar refractivity (Wildman–Crippen MR) is 113 cm³/mol. The molecule has 1 saturated carbocycles. The van der Waals surface area contributed by atoms with E-state index in [1.807, 2.05) is 6.07 Å². The first-order valence-electron chi connectivity index (χ1n) is 11.2. The summed E-state index contributed by atoms with van der Waals surface area (Å²) < 4.78 is 50.0. The molecule has 0 spiro atoms. The van der Waals surface area contributed by atoms with Gasteiger partial charge < -0.3 is 20.1 Å². The largest absolute Gasteiger partial charge is 0.416 e. The highest BCUT2D eigenvalue weighted by Crippen LogP contribution is 2.34. The normalized spacial score (nSPS) is 27.5. The van der Waals surface area contributed by atoms with E-state index < -0.39 is 23.7 Å². The highest BCUT2D eigenvalue weighted by Gasteiger charge is 2.48. The Hall–Kier alpha value is -2.72. The van der Waals surface area contributed by atoms with Gasteiger partial charge in [-0.2, -0.15) is 13.2 Å². The van der Waals surface area contributed by atoms with Crippen LogP contribution in [-0.2, 0) is 15.7 Å². The molecule has 2 N–H and O–H groups in total. The molecular weight excluding hydrogens is 437 g/mol. The zero-order valence-electron chi connectivity index (χ0n) is 17.8. The van der Waals surface area contributed by atoms with Crippen LogP contribution in [0.3, 0.4) is 0 Å². The van der Waals surface area contributed by atoms with Crippen LogP contribution in [0.25, 0.3) is 0 Å². The van der Waals surface area contributed by atoms with Crippen LogP contribution in [0.5, 0.6) is 0 Å². The molecule has 7 nitrogen and oxygen atoms in total. The van der Waals surface area contributed by atoms with E-state index in [-0.39, 0.29) is 30.4 Å². The lowest BCUT2D eigenvalue weighted by Crippen LogP contribution is -2.44. The van der Waals surface area contributed by atoms with Crippen molar-refractivity contribution in [2.45, 2.75) is 62.1 Å². The molecule has 2 aromatic rings. The van der Waals surface area contributed by atoms with E-state index in [4.69, 9.17) is 9.47 Å². The van der Waals surface area contributed by atoms with Crippen molar-refractivity contribution in [2.75, 3.05) is 18.5 Å².